The Balaban J connectivity index is 2.29. The predicted octanol–water partition coefficient (Wildman–Crippen LogP) is 1.73. The zero-order chi connectivity index (χ0) is 13.1. The first-order chi connectivity index (χ1) is 8.58. The molecule has 2 rings (SSSR count). The summed E-state index contributed by atoms with van der Waals surface area (Å²) in [5, 5.41) is 19.1. The number of hydrogen-bond acceptors (Lipinski definition) is 5. The quantitative estimate of drug-likeness (QED) is 0.661. The lowest BCUT2D eigenvalue weighted by Crippen LogP contribution is -2.14. The molecule has 0 bridgehead atoms. The third kappa shape index (κ3) is 2.51. The molecular formula is C9H6BrN5O3. The van der Waals surface area contributed by atoms with Crippen LogP contribution >= 0.6 is 15.9 Å². The highest BCUT2D eigenvalue weighted by Crippen LogP contribution is 2.28. The van der Waals surface area contributed by atoms with E-state index in [1.807, 2.05) is 0 Å². The van der Waals surface area contributed by atoms with Gasteiger partial charge in [-0.2, -0.15) is 5.10 Å². The molecule has 9 heteroatoms. The van der Waals surface area contributed by atoms with Crippen molar-refractivity contribution in [2.24, 2.45) is 0 Å². The van der Waals surface area contributed by atoms with Gasteiger partial charge in [-0.25, -0.2) is 4.98 Å². The van der Waals surface area contributed by atoms with Crippen molar-refractivity contribution in [2.45, 2.75) is 0 Å². The van der Waals surface area contributed by atoms with Gasteiger partial charge in [-0.1, -0.05) is 15.9 Å². The third-order valence-corrected chi connectivity index (χ3v) is 2.53. The Bertz CT molecular complexity index is 598. The van der Waals surface area contributed by atoms with E-state index in [2.05, 4.69) is 36.4 Å². The molecule has 18 heavy (non-hydrogen) atoms. The standard InChI is InChI=1S/C9H6BrN5O3/c10-5-1-2-6(7(3-5)15(17)18)13-9(16)8-11-4-12-14-8/h1-4H,(H,13,16)(H,11,12,14). The molecule has 0 spiro atoms. The summed E-state index contributed by atoms with van der Waals surface area (Å²) in [6, 6.07) is 4.31. The number of rotatable bonds is 3. The predicted molar refractivity (Wildman–Crippen MR) is 65.1 cm³/mol. The molecule has 1 heterocycles. The van der Waals surface area contributed by atoms with Crippen LogP contribution in [-0.2, 0) is 0 Å². The van der Waals surface area contributed by atoms with E-state index in [0.717, 1.165) is 0 Å². The maximum atomic E-state index is 11.7. The van der Waals surface area contributed by atoms with Crippen molar-refractivity contribution in [2.75, 3.05) is 5.32 Å². The highest BCUT2D eigenvalue weighted by atomic mass is 79.9. The Hall–Kier alpha value is -2.29. The normalized spacial score (nSPS) is 10.1. The highest BCUT2D eigenvalue weighted by molar-refractivity contribution is 9.10. The summed E-state index contributed by atoms with van der Waals surface area (Å²) < 4.78 is 0.548. The summed E-state index contributed by atoms with van der Waals surface area (Å²) in [7, 11) is 0. The number of amides is 1. The van der Waals surface area contributed by atoms with Crippen LogP contribution in [0.1, 0.15) is 10.6 Å². The fraction of sp³-hybridized carbons (Fsp3) is 0. The first-order valence-corrected chi connectivity index (χ1v) is 5.48. The number of H-pyrrole nitrogens is 1. The number of carbonyl (C=O) groups excluding carboxylic acids is 1. The molecule has 0 saturated heterocycles. The van der Waals surface area contributed by atoms with Crippen molar-refractivity contribution in [1.29, 1.82) is 0 Å². The minimum absolute atomic E-state index is 0.0211. The smallest absolute Gasteiger partial charge is 0.293 e. The van der Waals surface area contributed by atoms with Crippen molar-refractivity contribution >= 4 is 33.2 Å². The zero-order valence-corrected chi connectivity index (χ0v) is 10.3. The molecule has 0 aliphatic rings. The average Bonchev–Trinajstić information content (AvgIpc) is 2.84. The van der Waals surface area contributed by atoms with Gasteiger partial charge in [0.2, 0.25) is 5.82 Å². The van der Waals surface area contributed by atoms with Crippen molar-refractivity contribution < 1.29 is 9.72 Å². The Morgan fingerprint density at radius 1 is 1.50 bits per heavy atom. The lowest BCUT2D eigenvalue weighted by molar-refractivity contribution is -0.384. The monoisotopic (exact) mass is 311 g/mol. The van der Waals surface area contributed by atoms with Crippen molar-refractivity contribution in [1.82, 2.24) is 15.2 Å². The van der Waals surface area contributed by atoms with Gasteiger partial charge >= 0.3 is 0 Å². The molecule has 0 atom stereocenters. The second-order valence-corrected chi connectivity index (χ2v) is 4.12. The average molecular weight is 312 g/mol. The summed E-state index contributed by atoms with van der Waals surface area (Å²) in [6.07, 6.45) is 1.17. The Kier molecular flexibility index (Phi) is 3.33. The van der Waals surface area contributed by atoms with Crippen LogP contribution in [0, 0.1) is 10.1 Å². The molecule has 0 radical (unpaired) electrons. The van der Waals surface area contributed by atoms with Gasteiger partial charge in [-0.3, -0.25) is 20.0 Å². The summed E-state index contributed by atoms with van der Waals surface area (Å²) in [6.45, 7) is 0. The fourth-order valence-electron chi connectivity index (χ4n) is 1.26. The number of hydrogen-bond donors (Lipinski definition) is 2. The van der Waals surface area contributed by atoms with Crippen LogP contribution in [0.15, 0.2) is 29.0 Å². The Labute approximate surface area is 109 Å². The summed E-state index contributed by atoms with van der Waals surface area (Å²) in [5.74, 6) is -0.620. The number of aromatic amines is 1. The van der Waals surface area contributed by atoms with Crippen LogP contribution in [0.25, 0.3) is 0 Å². The molecule has 1 amide bonds. The molecule has 92 valence electrons. The highest BCUT2D eigenvalue weighted by Gasteiger charge is 2.18. The number of nitro groups is 1. The maximum absolute atomic E-state index is 11.7. The van der Waals surface area contributed by atoms with E-state index in [1.165, 1.54) is 18.5 Å². The minimum atomic E-state index is -0.599. The van der Waals surface area contributed by atoms with E-state index < -0.39 is 10.8 Å². The number of carbonyl (C=O) groups is 1. The van der Waals surface area contributed by atoms with Crippen molar-refractivity contribution in [3.05, 3.63) is 44.9 Å². The van der Waals surface area contributed by atoms with E-state index in [0.29, 0.717) is 4.47 Å². The van der Waals surface area contributed by atoms with E-state index >= 15 is 0 Å². The molecule has 0 aliphatic heterocycles. The molecular weight excluding hydrogens is 306 g/mol. The SMILES string of the molecule is O=C(Nc1ccc(Br)cc1[N+](=O)[O-])c1ncn[nH]1. The van der Waals surface area contributed by atoms with Gasteiger partial charge < -0.3 is 5.32 Å². The van der Waals surface area contributed by atoms with Gasteiger partial charge in [0.1, 0.15) is 12.0 Å². The van der Waals surface area contributed by atoms with Crippen LogP contribution in [0.5, 0.6) is 0 Å². The maximum Gasteiger partial charge on any atom is 0.293 e. The topological polar surface area (TPSA) is 114 Å². The van der Waals surface area contributed by atoms with Gasteiger partial charge in [0, 0.05) is 10.5 Å². The van der Waals surface area contributed by atoms with Gasteiger partial charge in [-0.15, -0.1) is 0 Å². The number of benzene rings is 1. The second kappa shape index (κ2) is 4.92. The van der Waals surface area contributed by atoms with E-state index in [1.54, 1.807) is 6.07 Å². The second-order valence-electron chi connectivity index (χ2n) is 3.21. The number of nitro benzene ring substituents is 1. The summed E-state index contributed by atoms with van der Waals surface area (Å²) in [4.78, 5) is 25.6. The minimum Gasteiger partial charge on any atom is -0.313 e. The third-order valence-electron chi connectivity index (χ3n) is 2.03. The number of aromatic nitrogens is 3. The summed E-state index contributed by atoms with van der Waals surface area (Å²) >= 11 is 3.12. The van der Waals surface area contributed by atoms with Gasteiger partial charge in [0.15, 0.2) is 0 Å². The van der Waals surface area contributed by atoms with Crippen LogP contribution < -0.4 is 5.32 Å². The molecule has 0 aliphatic carbocycles. The molecule has 2 N–H and O–H groups in total. The van der Waals surface area contributed by atoms with E-state index in [9.17, 15) is 14.9 Å². The molecule has 0 unspecified atom stereocenters. The molecule has 1 aromatic heterocycles. The van der Waals surface area contributed by atoms with Crippen molar-refractivity contribution in [3.8, 4) is 0 Å². The van der Waals surface area contributed by atoms with E-state index in [-0.39, 0.29) is 17.2 Å². The van der Waals surface area contributed by atoms with Crippen LogP contribution in [-0.4, -0.2) is 26.0 Å². The van der Waals surface area contributed by atoms with Crippen LogP contribution in [0.2, 0.25) is 0 Å². The lowest BCUT2D eigenvalue weighted by Gasteiger charge is -2.04. The van der Waals surface area contributed by atoms with E-state index in [4.69, 9.17) is 0 Å². The molecule has 0 fully saturated rings. The van der Waals surface area contributed by atoms with Gasteiger partial charge in [0.05, 0.1) is 4.92 Å². The number of halogens is 1. The lowest BCUT2D eigenvalue weighted by atomic mass is 10.2. The molecule has 8 nitrogen and oxygen atoms in total. The molecule has 0 saturated carbocycles. The summed E-state index contributed by atoms with van der Waals surface area (Å²) in [5.41, 5.74) is -0.123. The number of nitrogens with one attached hydrogen (secondary N) is 2. The Morgan fingerprint density at radius 2 is 2.28 bits per heavy atom. The first-order valence-electron chi connectivity index (χ1n) is 4.68. The van der Waals surface area contributed by atoms with Gasteiger partial charge in [-0.05, 0) is 12.1 Å². The Morgan fingerprint density at radius 3 is 2.89 bits per heavy atom. The number of nitrogens with zero attached hydrogens (tertiary/aromatic N) is 3. The fourth-order valence-corrected chi connectivity index (χ4v) is 1.61. The number of anilines is 1. The first kappa shape index (κ1) is 12.2. The largest absolute Gasteiger partial charge is 0.313 e. The molecule has 1 aromatic carbocycles. The molecule has 2 aromatic rings. The van der Waals surface area contributed by atoms with Crippen molar-refractivity contribution in [3.63, 3.8) is 0 Å². The zero-order valence-electron chi connectivity index (χ0n) is 8.75. The van der Waals surface area contributed by atoms with Crippen LogP contribution in [0.4, 0.5) is 11.4 Å². The van der Waals surface area contributed by atoms with Crippen LogP contribution in [0.3, 0.4) is 0 Å². The van der Waals surface area contributed by atoms with Gasteiger partial charge in [0.25, 0.3) is 11.6 Å².